The van der Waals surface area contributed by atoms with E-state index in [0.29, 0.717) is 0 Å². The molecule has 0 unspecified atom stereocenters. The summed E-state index contributed by atoms with van der Waals surface area (Å²) in [6.45, 7) is 0. The number of carboxylic acids is 1. The van der Waals surface area contributed by atoms with Gasteiger partial charge in [-0.2, -0.15) is 0 Å². The second kappa shape index (κ2) is 5.70. The van der Waals surface area contributed by atoms with Gasteiger partial charge >= 0.3 is 5.97 Å². The normalized spacial score (nSPS) is 10.2. The third kappa shape index (κ3) is 2.89. The van der Waals surface area contributed by atoms with Gasteiger partial charge in [-0.3, -0.25) is 4.79 Å². The van der Waals surface area contributed by atoms with Crippen LogP contribution in [0.1, 0.15) is 20.7 Å². The van der Waals surface area contributed by atoms with Crippen LogP contribution in [0.4, 0.5) is 14.5 Å². The minimum absolute atomic E-state index is 0.0960. The Morgan fingerprint density at radius 3 is 2.38 bits per heavy atom. The molecule has 4 nitrogen and oxygen atoms in total. The number of halogens is 2. The highest BCUT2D eigenvalue weighted by atomic mass is 19.1. The average molecular weight is 291 g/mol. The molecule has 1 N–H and O–H groups in total. The summed E-state index contributed by atoms with van der Waals surface area (Å²) in [7, 11) is 1.30. The predicted octanol–water partition coefficient (Wildman–Crippen LogP) is 2.94. The molecule has 0 aliphatic rings. The monoisotopic (exact) mass is 291 g/mol. The molecule has 0 atom stereocenters. The molecule has 0 saturated heterocycles. The van der Waals surface area contributed by atoms with E-state index < -0.39 is 29.1 Å². The van der Waals surface area contributed by atoms with Crippen molar-refractivity contribution in [2.24, 2.45) is 0 Å². The Kier molecular flexibility index (Phi) is 3.98. The molecule has 1 amide bonds. The van der Waals surface area contributed by atoms with Crippen molar-refractivity contribution < 1.29 is 23.5 Å². The molecule has 0 radical (unpaired) electrons. The van der Waals surface area contributed by atoms with E-state index in [4.69, 9.17) is 5.11 Å². The van der Waals surface area contributed by atoms with Crippen LogP contribution < -0.4 is 4.90 Å². The minimum atomic E-state index is -1.22. The van der Waals surface area contributed by atoms with Gasteiger partial charge in [-0.1, -0.05) is 12.1 Å². The van der Waals surface area contributed by atoms with Crippen LogP contribution >= 0.6 is 0 Å². The average Bonchev–Trinajstić information content (AvgIpc) is 2.48. The fourth-order valence-corrected chi connectivity index (χ4v) is 1.90. The molecule has 0 saturated carbocycles. The van der Waals surface area contributed by atoms with Gasteiger partial charge in [-0.25, -0.2) is 13.6 Å². The molecule has 0 fully saturated rings. The molecular formula is C15H11F2NO3. The first kappa shape index (κ1) is 14.6. The summed E-state index contributed by atoms with van der Waals surface area (Å²) in [5, 5.41) is 9.09. The van der Waals surface area contributed by atoms with Gasteiger partial charge in [0.2, 0.25) is 0 Å². The van der Waals surface area contributed by atoms with E-state index >= 15 is 0 Å². The van der Waals surface area contributed by atoms with E-state index in [1.54, 1.807) is 6.07 Å². The van der Waals surface area contributed by atoms with Crippen molar-refractivity contribution in [3.63, 3.8) is 0 Å². The maximum absolute atomic E-state index is 13.6. The lowest BCUT2D eigenvalue weighted by Gasteiger charge is -2.19. The number of carbonyl (C=O) groups excluding carboxylic acids is 1. The van der Waals surface area contributed by atoms with Gasteiger partial charge in [0, 0.05) is 7.05 Å². The predicted molar refractivity (Wildman–Crippen MR) is 72.5 cm³/mol. The number of hydrogen-bond acceptors (Lipinski definition) is 2. The van der Waals surface area contributed by atoms with Crippen LogP contribution in [0.2, 0.25) is 0 Å². The number of rotatable bonds is 3. The molecule has 6 heteroatoms. The first-order chi connectivity index (χ1) is 9.91. The summed E-state index contributed by atoms with van der Waals surface area (Å²) < 4.78 is 26.8. The minimum Gasteiger partial charge on any atom is -0.478 e. The number of anilines is 1. The molecule has 2 aromatic carbocycles. The number of nitrogens with zero attached hydrogens (tertiary/aromatic N) is 1. The third-order valence-electron chi connectivity index (χ3n) is 2.96. The number of aromatic carboxylic acids is 1. The van der Waals surface area contributed by atoms with E-state index in [1.807, 2.05) is 0 Å². The quantitative estimate of drug-likeness (QED) is 0.946. The van der Waals surface area contributed by atoms with Crippen LogP contribution in [0.25, 0.3) is 0 Å². The highest BCUT2D eigenvalue weighted by Gasteiger charge is 2.21. The van der Waals surface area contributed by atoms with Gasteiger partial charge in [0.05, 0.1) is 16.8 Å². The van der Waals surface area contributed by atoms with Crippen molar-refractivity contribution in [3.8, 4) is 0 Å². The number of para-hydroxylation sites is 1. The molecule has 0 aliphatic carbocycles. The highest BCUT2D eigenvalue weighted by Crippen LogP contribution is 2.22. The van der Waals surface area contributed by atoms with E-state index in [2.05, 4.69) is 0 Å². The molecule has 2 aromatic rings. The van der Waals surface area contributed by atoms with E-state index in [9.17, 15) is 18.4 Å². The zero-order chi connectivity index (χ0) is 15.6. The Hall–Kier alpha value is -2.76. The van der Waals surface area contributed by atoms with Crippen LogP contribution in [0.5, 0.6) is 0 Å². The molecule has 0 bridgehead atoms. The van der Waals surface area contributed by atoms with Gasteiger partial charge in [0.15, 0.2) is 0 Å². The molecular weight excluding hydrogens is 280 g/mol. The topological polar surface area (TPSA) is 57.6 Å². The van der Waals surface area contributed by atoms with Crippen molar-refractivity contribution in [1.82, 2.24) is 0 Å². The fourth-order valence-electron chi connectivity index (χ4n) is 1.90. The van der Waals surface area contributed by atoms with Crippen LogP contribution in [-0.4, -0.2) is 24.0 Å². The maximum atomic E-state index is 13.6. The van der Waals surface area contributed by atoms with Crippen molar-refractivity contribution in [2.75, 3.05) is 11.9 Å². The van der Waals surface area contributed by atoms with Crippen molar-refractivity contribution in [2.45, 2.75) is 0 Å². The Bertz CT molecular complexity index is 716. The second-order valence-corrected chi connectivity index (χ2v) is 4.31. The number of hydrogen-bond donors (Lipinski definition) is 1. The smallest absolute Gasteiger partial charge is 0.337 e. The summed E-state index contributed by atoms with van der Waals surface area (Å²) in [6.07, 6.45) is 0. The third-order valence-corrected chi connectivity index (χ3v) is 2.96. The van der Waals surface area contributed by atoms with Crippen LogP contribution in [0.3, 0.4) is 0 Å². The summed E-state index contributed by atoms with van der Waals surface area (Å²) in [4.78, 5) is 24.3. The lowest BCUT2D eigenvalue weighted by atomic mass is 10.1. The van der Waals surface area contributed by atoms with Crippen molar-refractivity contribution in [1.29, 1.82) is 0 Å². The Morgan fingerprint density at radius 2 is 1.71 bits per heavy atom. The van der Waals surface area contributed by atoms with E-state index in [0.717, 1.165) is 23.1 Å². The van der Waals surface area contributed by atoms with Gasteiger partial charge in [0.25, 0.3) is 5.91 Å². The molecule has 0 spiro atoms. The van der Waals surface area contributed by atoms with Gasteiger partial charge in [-0.05, 0) is 30.3 Å². The standard InChI is InChI=1S/C15H11F2NO3/c1-18(13-5-3-2-4-10(13)15(20)21)14(19)11-8-9(16)6-7-12(11)17/h2-8H,1H3,(H,20,21). The zero-order valence-corrected chi connectivity index (χ0v) is 11.0. The Balaban J connectivity index is 2.45. The molecule has 0 aliphatic heterocycles. The van der Waals surface area contributed by atoms with Crippen LogP contribution in [0, 0.1) is 11.6 Å². The van der Waals surface area contributed by atoms with Gasteiger partial charge in [0.1, 0.15) is 11.6 Å². The van der Waals surface area contributed by atoms with E-state index in [-0.39, 0.29) is 11.3 Å². The molecule has 2 rings (SSSR count). The van der Waals surface area contributed by atoms with E-state index in [1.165, 1.54) is 25.2 Å². The molecule has 0 aromatic heterocycles. The summed E-state index contributed by atoms with van der Waals surface area (Å²) in [5.41, 5.74) is -0.471. The first-order valence-corrected chi connectivity index (χ1v) is 5.97. The van der Waals surface area contributed by atoms with Gasteiger partial charge < -0.3 is 10.0 Å². The van der Waals surface area contributed by atoms with Crippen molar-refractivity contribution >= 4 is 17.6 Å². The number of amides is 1. The fraction of sp³-hybridized carbons (Fsp3) is 0.0667. The highest BCUT2D eigenvalue weighted by molar-refractivity contribution is 6.09. The lowest BCUT2D eigenvalue weighted by Crippen LogP contribution is -2.28. The van der Waals surface area contributed by atoms with Crippen molar-refractivity contribution in [3.05, 3.63) is 65.2 Å². The summed E-state index contributed by atoms with van der Waals surface area (Å²) >= 11 is 0. The molecule has 21 heavy (non-hydrogen) atoms. The number of carboxylic acid groups (broad SMARTS) is 1. The number of carbonyl (C=O) groups is 2. The van der Waals surface area contributed by atoms with Crippen LogP contribution in [-0.2, 0) is 0 Å². The van der Waals surface area contributed by atoms with Crippen LogP contribution in [0.15, 0.2) is 42.5 Å². The zero-order valence-electron chi connectivity index (χ0n) is 11.0. The summed E-state index contributed by atoms with van der Waals surface area (Å²) in [6, 6.07) is 8.32. The second-order valence-electron chi connectivity index (χ2n) is 4.31. The summed E-state index contributed by atoms with van der Waals surface area (Å²) in [5.74, 6) is -3.67. The van der Waals surface area contributed by atoms with Gasteiger partial charge in [-0.15, -0.1) is 0 Å². The lowest BCUT2D eigenvalue weighted by molar-refractivity contribution is 0.0697. The number of benzene rings is 2. The molecule has 0 heterocycles. The Morgan fingerprint density at radius 1 is 1.05 bits per heavy atom. The maximum Gasteiger partial charge on any atom is 0.337 e. The molecule has 108 valence electrons. The Labute approximate surface area is 119 Å². The SMILES string of the molecule is CN(C(=O)c1cc(F)ccc1F)c1ccccc1C(=O)O. The first-order valence-electron chi connectivity index (χ1n) is 5.97. The largest absolute Gasteiger partial charge is 0.478 e.